The molecule has 2 N–H and O–H groups in total. The molecule has 0 saturated carbocycles. The molecule has 0 aliphatic carbocycles. The van der Waals surface area contributed by atoms with Crippen LogP contribution in [0.15, 0.2) is 36.4 Å². The lowest BCUT2D eigenvalue weighted by Gasteiger charge is -2.25. The van der Waals surface area contributed by atoms with E-state index in [1.807, 2.05) is 18.2 Å². The zero-order valence-electron chi connectivity index (χ0n) is 13.0. The number of aliphatic carboxylic acids is 1. The van der Waals surface area contributed by atoms with Crippen LogP contribution >= 0.6 is 11.6 Å². The van der Waals surface area contributed by atoms with E-state index >= 15 is 0 Å². The number of amides is 1. The number of carbonyl (C=O) groups is 2. The van der Waals surface area contributed by atoms with E-state index in [1.165, 1.54) is 0 Å². The third-order valence-corrected chi connectivity index (χ3v) is 4.35. The molecule has 2 aromatic carbocycles. The molecule has 0 fully saturated rings. The molecule has 3 rings (SSSR count). The zero-order chi connectivity index (χ0) is 17.3. The van der Waals surface area contributed by atoms with E-state index in [4.69, 9.17) is 21.4 Å². The van der Waals surface area contributed by atoms with Gasteiger partial charge < -0.3 is 15.2 Å². The van der Waals surface area contributed by atoms with E-state index in [0.29, 0.717) is 22.9 Å². The fourth-order valence-electron chi connectivity index (χ4n) is 2.90. The normalized spacial score (nSPS) is 16.2. The van der Waals surface area contributed by atoms with Crippen molar-refractivity contribution < 1.29 is 19.4 Å². The molecule has 0 saturated heterocycles. The molecule has 1 unspecified atom stereocenters. The summed E-state index contributed by atoms with van der Waals surface area (Å²) in [5, 5.41) is 12.4. The Labute approximate surface area is 144 Å². The first kappa shape index (κ1) is 16.3. The molecule has 0 bridgehead atoms. The summed E-state index contributed by atoms with van der Waals surface area (Å²) in [7, 11) is 1.57. The number of hydrogen-bond donors (Lipinski definition) is 2. The predicted molar refractivity (Wildman–Crippen MR) is 91.5 cm³/mol. The molecule has 1 aliphatic rings. The number of carboxylic acids is 1. The first-order valence-electron chi connectivity index (χ1n) is 7.47. The molecule has 1 heterocycles. The van der Waals surface area contributed by atoms with Gasteiger partial charge in [0.1, 0.15) is 5.75 Å². The first-order valence-corrected chi connectivity index (χ1v) is 7.85. The van der Waals surface area contributed by atoms with Crippen LogP contribution in [0.3, 0.4) is 0 Å². The number of methoxy groups -OCH3 is 1. The highest BCUT2D eigenvalue weighted by Gasteiger charge is 2.29. The zero-order valence-corrected chi connectivity index (χ0v) is 13.8. The fraction of sp³-hybridized carbons (Fsp3) is 0.222. The molecule has 6 heteroatoms. The van der Waals surface area contributed by atoms with Crippen molar-refractivity contribution in [2.75, 3.05) is 12.4 Å². The van der Waals surface area contributed by atoms with Crippen LogP contribution in [0, 0.1) is 5.92 Å². The van der Waals surface area contributed by atoms with Gasteiger partial charge in [-0.25, -0.2) is 0 Å². The van der Waals surface area contributed by atoms with Crippen molar-refractivity contribution in [3.63, 3.8) is 0 Å². The Balaban J connectivity index is 2.02. The van der Waals surface area contributed by atoms with E-state index in [0.717, 1.165) is 16.7 Å². The monoisotopic (exact) mass is 345 g/mol. The topological polar surface area (TPSA) is 75.6 Å². The summed E-state index contributed by atoms with van der Waals surface area (Å²) < 4.78 is 5.44. The number of carboxylic acid groups (broad SMARTS) is 1. The smallest absolute Gasteiger partial charge is 0.304 e. The molecular formula is C18H16ClNO4. The van der Waals surface area contributed by atoms with Gasteiger partial charge in [0.25, 0.3) is 0 Å². The van der Waals surface area contributed by atoms with E-state index in [1.54, 1.807) is 25.3 Å². The first-order chi connectivity index (χ1) is 11.5. The number of rotatable bonds is 4. The molecule has 1 amide bonds. The van der Waals surface area contributed by atoms with Crippen LogP contribution < -0.4 is 10.1 Å². The lowest BCUT2D eigenvalue weighted by Crippen LogP contribution is -2.31. The lowest BCUT2D eigenvalue weighted by atomic mass is 9.88. The van der Waals surface area contributed by atoms with Gasteiger partial charge in [0.05, 0.1) is 19.4 Å². The molecule has 124 valence electrons. The van der Waals surface area contributed by atoms with E-state index in [2.05, 4.69) is 5.32 Å². The largest absolute Gasteiger partial charge is 0.496 e. The molecule has 24 heavy (non-hydrogen) atoms. The number of fused-ring (bicyclic) bond motifs is 1. The van der Waals surface area contributed by atoms with Gasteiger partial charge in [-0.2, -0.15) is 0 Å². The average Bonchev–Trinajstić information content (AvgIpc) is 2.55. The van der Waals surface area contributed by atoms with Gasteiger partial charge >= 0.3 is 5.97 Å². The Kier molecular flexibility index (Phi) is 4.44. The van der Waals surface area contributed by atoms with Gasteiger partial charge in [0.2, 0.25) is 5.91 Å². The predicted octanol–water partition coefficient (Wildman–Crippen LogP) is 3.60. The van der Waals surface area contributed by atoms with Crippen LogP contribution in [0.5, 0.6) is 5.75 Å². The Hall–Kier alpha value is -2.53. The van der Waals surface area contributed by atoms with Crippen molar-refractivity contribution in [3.8, 4) is 16.9 Å². The number of benzene rings is 2. The summed E-state index contributed by atoms with van der Waals surface area (Å²) in [6, 6.07) is 11.1. The number of hydrogen-bond acceptors (Lipinski definition) is 3. The molecule has 1 aliphatic heterocycles. The molecular weight excluding hydrogens is 330 g/mol. The van der Waals surface area contributed by atoms with Crippen molar-refractivity contribution in [3.05, 3.63) is 47.0 Å². The summed E-state index contributed by atoms with van der Waals surface area (Å²) in [5.74, 6) is -1.19. The molecule has 0 radical (unpaired) electrons. The molecule has 1 atom stereocenters. The summed E-state index contributed by atoms with van der Waals surface area (Å²) >= 11 is 5.94. The molecule has 2 aromatic rings. The van der Waals surface area contributed by atoms with E-state index in [-0.39, 0.29) is 12.3 Å². The Bertz CT molecular complexity index is 801. The Morgan fingerprint density at radius 1 is 1.33 bits per heavy atom. The van der Waals surface area contributed by atoms with Crippen molar-refractivity contribution in [1.82, 2.24) is 0 Å². The van der Waals surface area contributed by atoms with Crippen molar-refractivity contribution in [2.45, 2.75) is 12.8 Å². The van der Waals surface area contributed by atoms with Crippen LogP contribution in [0.2, 0.25) is 5.02 Å². The minimum atomic E-state index is -0.981. The fourth-order valence-corrected chi connectivity index (χ4v) is 3.03. The maximum atomic E-state index is 12.1. The standard InChI is InChI=1S/C18H16ClNO4/c1-24-16-9-15-11(6-12(8-17(21)22)18(23)20-15)7-14(16)10-2-4-13(19)5-3-10/h2-5,7,9,12H,6,8H2,1H3,(H,20,23)(H,21,22). The number of nitrogens with one attached hydrogen (secondary N) is 1. The Morgan fingerprint density at radius 2 is 2.04 bits per heavy atom. The summed E-state index contributed by atoms with van der Waals surface area (Å²) in [4.78, 5) is 23.0. The van der Waals surface area contributed by atoms with Crippen molar-refractivity contribution >= 4 is 29.2 Å². The van der Waals surface area contributed by atoms with Gasteiger partial charge in [0, 0.05) is 22.3 Å². The van der Waals surface area contributed by atoms with Crippen LogP contribution in [0.25, 0.3) is 11.1 Å². The summed E-state index contributed by atoms with van der Waals surface area (Å²) in [6.45, 7) is 0. The Morgan fingerprint density at radius 3 is 2.67 bits per heavy atom. The summed E-state index contributed by atoms with van der Waals surface area (Å²) in [5.41, 5.74) is 3.37. The maximum Gasteiger partial charge on any atom is 0.304 e. The van der Waals surface area contributed by atoms with Crippen molar-refractivity contribution in [1.29, 1.82) is 0 Å². The molecule has 0 aromatic heterocycles. The number of ether oxygens (including phenoxy) is 1. The van der Waals surface area contributed by atoms with Gasteiger partial charge in [-0.15, -0.1) is 0 Å². The number of anilines is 1. The molecule has 5 nitrogen and oxygen atoms in total. The lowest BCUT2D eigenvalue weighted by molar-refractivity contribution is -0.140. The molecule has 0 spiro atoms. The minimum Gasteiger partial charge on any atom is -0.496 e. The quantitative estimate of drug-likeness (QED) is 0.887. The van der Waals surface area contributed by atoms with Gasteiger partial charge in [-0.3, -0.25) is 9.59 Å². The maximum absolute atomic E-state index is 12.1. The second-order valence-corrected chi connectivity index (χ2v) is 6.14. The highest BCUT2D eigenvalue weighted by atomic mass is 35.5. The van der Waals surface area contributed by atoms with Crippen LogP contribution in [0.1, 0.15) is 12.0 Å². The van der Waals surface area contributed by atoms with Gasteiger partial charge in [-0.05, 0) is 35.7 Å². The minimum absolute atomic E-state index is 0.187. The van der Waals surface area contributed by atoms with E-state index in [9.17, 15) is 9.59 Å². The highest BCUT2D eigenvalue weighted by molar-refractivity contribution is 6.30. The third kappa shape index (κ3) is 3.21. The second-order valence-electron chi connectivity index (χ2n) is 5.70. The van der Waals surface area contributed by atoms with Gasteiger partial charge in [-0.1, -0.05) is 23.7 Å². The average molecular weight is 346 g/mol. The van der Waals surface area contributed by atoms with E-state index < -0.39 is 11.9 Å². The highest BCUT2D eigenvalue weighted by Crippen LogP contribution is 2.38. The number of halogens is 1. The third-order valence-electron chi connectivity index (χ3n) is 4.10. The van der Waals surface area contributed by atoms with Crippen molar-refractivity contribution in [2.24, 2.45) is 5.92 Å². The second kappa shape index (κ2) is 6.53. The van der Waals surface area contributed by atoms with Crippen LogP contribution in [-0.2, 0) is 16.0 Å². The summed E-state index contributed by atoms with van der Waals surface area (Å²) in [6.07, 6.45) is 0.200. The van der Waals surface area contributed by atoms with Gasteiger partial charge in [0.15, 0.2) is 0 Å². The van der Waals surface area contributed by atoms with Crippen LogP contribution in [-0.4, -0.2) is 24.1 Å². The van der Waals surface area contributed by atoms with Crippen LogP contribution in [0.4, 0.5) is 5.69 Å². The number of carbonyl (C=O) groups excluding carboxylic acids is 1. The SMILES string of the molecule is COc1cc2c(cc1-c1ccc(Cl)cc1)CC(CC(=O)O)C(=O)N2.